The van der Waals surface area contributed by atoms with Crippen molar-refractivity contribution < 1.29 is 23.5 Å². The van der Waals surface area contributed by atoms with Crippen molar-refractivity contribution in [2.75, 3.05) is 17.7 Å². The SMILES string of the molecule is CC(=O)Nc1ccc(C(=O)COC(=O)CSc2ccc(Br)cc2C)c(F)c1. The van der Waals surface area contributed by atoms with Crippen LogP contribution >= 0.6 is 27.7 Å². The molecule has 8 heteroatoms. The zero-order valence-corrected chi connectivity index (χ0v) is 17.1. The molecule has 2 rings (SSSR count). The van der Waals surface area contributed by atoms with E-state index in [1.807, 2.05) is 25.1 Å². The first-order chi connectivity index (χ1) is 12.8. The number of rotatable bonds is 7. The summed E-state index contributed by atoms with van der Waals surface area (Å²) in [7, 11) is 0. The number of benzene rings is 2. The van der Waals surface area contributed by atoms with Gasteiger partial charge in [-0.1, -0.05) is 15.9 Å². The Labute approximate surface area is 168 Å². The van der Waals surface area contributed by atoms with Crippen LogP contribution in [0.3, 0.4) is 0 Å². The minimum absolute atomic E-state index is 0.0414. The third-order valence-corrected chi connectivity index (χ3v) is 5.08. The average Bonchev–Trinajstić information content (AvgIpc) is 2.58. The number of nitrogens with one attached hydrogen (secondary N) is 1. The lowest BCUT2D eigenvalue weighted by Gasteiger charge is -2.08. The molecule has 0 fully saturated rings. The molecule has 0 aromatic heterocycles. The zero-order valence-electron chi connectivity index (χ0n) is 14.7. The third kappa shape index (κ3) is 6.48. The molecule has 27 heavy (non-hydrogen) atoms. The quantitative estimate of drug-likeness (QED) is 0.382. The first-order valence-electron chi connectivity index (χ1n) is 7.91. The standard InChI is InChI=1S/C19H17BrFNO4S/c1-11-7-13(20)3-6-18(11)27-10-19(25)26-9-17(24)15-5-4-14(8-16(15)21)22-12(2)23/h3-8H,9-10H2,1-2H3,(H,22,23). The maximum atomic E-state index is 14.0. The molecule has 0 spiro atoms. The van der Waals surface area contributed by atoms with Gasteiger partial charge < -0.3 is 10.1 Å². The van der Waals surface area contributed by atoms with Crippen LogP contribution < -0.4 is 5.32 Å². The second kappa shape index (κ2) is 9.66. The molecule has 5 nitrogen and oxygen atoms in total. The second-order valence-electron chi connectivity index (χ2n) is 5.66. The van der Waals surface area contributed by atoms with Crippen molar-refractivity contribution >= 4 is 51.0 Å². The molecule has 2 aromatic rings. The summed E-state index contributed by atoms with van der Waals surface area (Å²) < 4.78 is 19.9. The highest BCUT2D eigenvalue weighted by atomic mass is 79.9. The summed E-state index contributed by atoms with van der Waals surface area (Å²) in [5.74, 6) is -2.31. The van der Waals surface area contributed by atoms with E-state index < -0.39 is 24.2 Å². The number of aryl methyl sites for hydroxylation is 1. The van der Waals surface area contributed by atoms with E-state index in [2.05, 4.69) is 21.2 Å². The highest BCUT2D eigenvalue weighted by molar-refractivity contribution is 9.10. The topological polar surface area (TPSA) is 72.5 Å². The molecule has 0 radical (unpaired) electrons. The molecule has 0 saturated heterocycles. The number of ketones is 1. The Balaban J connectivity index is 1.87. The summed E-state index contributed by atoms with van der Waals surface area (Å²) in [6, 6.07) is 9.39. The number of hydrogen-bond acceptors (Lipinski definition) is 5. The van der Waals surface area contributed by atoms with Crippen molar-refractivity contribution in [1.82, 2.24) is 0 Å². The van der Waals surface area contributed by atoms with E-state index in [1.54, 1.807) is 0 Å². The first kappa shape index (κ1) is 21.1. The molecule has 0 aliphatic carbocycles. The van der Waals surface area contributed by atoms with Crippen LogP contribution in [-0.2, 0) is 14.3 Å². The Morgan fingerprint density at radius 1 is 1.19 bits per heavy atom. The highest BCUT2D eigenvalue weighted by Crippen LogP contribution is 2.25. The van der Waals surface area contributed by atoms with Gasteiger partial charge in [-0.15, -0.1) is 11.8 Å². The van der Waals surface area contributed by atoms with Crippen LogP contribution in [0.4, 0.5) is 10.1 Å². The smallest absolute Gasteiger partial charge is 0.316 e. The molecular formula is C19H17BrFNO4S. The molecule has 1 N–H and O–H groups in total. The molecule has 1 amide bonds. The largest absolute Gasteiger partial charge is 0.457 e. The molecule has 0 atom stereocenters. The summed E-state index contributed by atoms with van der Waals surface area (Å²) >= 11 is 4.67. The van der Waals surface area contributed by atoms with Crippen molar-refractivity contribution in [1.29, 1.82) is 0 Å². The van der Waals surface area contributed by atoms with Gasteiger partial charge in [0, 0.05) is 22.0 Å². The fraction of sp³-hybridized carbons (Fsp3) is 0.211. The number of Topliss-reactive ketones (excluding diaryl/α,β-unsaturated/α-hetero) is 1. The van der Waals surface area contributed by atoms with Crippen LogP contribution in [0.5, 0.6) is 0 Å². The van der Waals surface area contributed by atoms with Crippen molar-refractivity contribution in [2.24, 2.45) is 0 Å². The predicted octanol–water partition coefficient (Wildman–Crippen LogP) is 4.37. The Hall–Kier alpha value is -2.19. The summed E-state index contributed by atoms with van der Waals surface area (Å²) in [6.45, 7) is 2.68. The van der Waals surface area contributed by atoms with E-state index in [0.29, 0.717) is 0 Å². The molecule has 0 aliphatic heterocycles. The summed E-state index contributed by atoms with van der Waals surface area (Å²) in [6.07, 6.45) is 0. The number of esters is 1. The molecule has 0 unspecified atom stereocenters. The predicted molar refractivity (Wildman–Crippen MR) is 106 cm³/mol. The fourth-order valence-electron chi connectivity index (χ4n) is 2.20. The van der Waals surface area contributed by atoms with Gasteiger partial charge in [0.05, 0.1) is 11.3 Å². The number of carbonyl (C=O) groups is 3. The van der Waals surface area contributed by atoms with Gasteiger partial charge in [0.2, 0.25) is 11.7 Å². The lowest BCUT2D eigenvalue weighted by molar-refractivity contribution is -0.139. The number of anilines is 1. The number of carbonyl (C=O) groups excluding carboxylic acids is 3. The molecular weight excluding hydrogens is 437 g/mol. The maximum Gasteiger partial charge on any atom is 0.316 e. The van der Waals surface area contributed by atoms with Crippen LogP contribution in [0.2, 0.25) is 0 Å². The molecule has 2 aromatic carbocycles. The maximum absolute atomic E-state index is 14.0. The number of amides is 1. The zero-order chi connectivity index (χ0) is 20.0. The van der Waals surface area contributed by atoms with Crippen LogP contribution in [0.1, 0.15) is 22.8 Å². The van der Waals surface area contributed by atoms with E-state index >= 15 is 0 Å². The lowest BCUT2D eigenvalue weighted by Crippen LogP contribution is -2.17. The fourth-order valence-corrected chi connectivity index (χ4v) is 3.48. The van der Waals surface area contributed by atoms with E-state index in [4.69, 9.17) is 4.74 Å². The molecule has 0 aliphatic rings. The molecule has 0 bridgehead atoms. The normalized spacial score (nSPS) is 10.4. The highest BCUT2D eigenvalue weighted by Gasteiger charge is 2.15. The number of halogens is 2. The Kier molecular flexibility index (Phi) is 7.55. The van der Waals surface area contributed by atoms with Crippen LogP contribution in [-0.4, -0.2) is 30.0 Å². The van der Waals surface area contributed by atoms with E-state index in [-0.39, 0.29) is 22.9 Å². The van der Waals surface area contributed by atoms with Crippen molar-refractivity contribution in [3.05, 3.63) is 57.8 Å². The average molecular weight is 454 g/mol. The van der Waals surface area contributed by atoms with Gasteiger partial charge >= 0.3 is 5.97 Å². The third-order valence-electron chi connectivity index (χ3n) is 3.44. The van der Waals surface area contributed by atoms with E-state index in [0.717, 1.165) is 21.0 Å². The van der Waals surface area contributed by atoms with Crippen LogP contribution in [0.25, 0.3) is 0 Å². The van der Waals surface area contributed by atoms with Crippen molar-refractivity contribution in [2.45, 2.75) is 18.7 Å². The summed E-state index contributed by atoms with van der Waals surface area (Å²) in [4.78, 5) is 35.8. The van der Waals surface area contributed by atoms with Crippen LogP contribution in [0, 0.1) is 12.7 Å². The first-order valence-corrected chi connectivity index (χ1v) is 9.69. The minimum Gasteiger partial charge on any atom is -0.457 e. The van der Waals surface area contributed by atoms with Crippen molar-refractivity contribution in [3.8, 4) is 0 Å². The van der Waals surface area contributed by atoms with E-state index in [1.165, 1.54) is 30.8 Å². The number of hydrogen-bond donors (Lipinski definition) is 1. The monoisotopic (exact) mass is 453 g/mol. The minimum atomic E-state index is -0.790. The number of ether oxygens (including phenoxy) is 1. The summed E-state index contributed by atoms with van der Waals surface area (Å²) in [5, 5.41) is 2.42. The van der Waals surface area contributed by atoms with Crippen LogP contribution in [0.15, 0.2) is 45.8 Å². The Bertz CT molecular complexity index is 888. The van der Waals surface area contributed by atoms with Gasteiger partial charge in [-0.3, -0.25) is 14.4 Å². The molecule has 0 heterocycles. The van der Waals surface area contributed by atoms with E-state index in [9.17, 15) is 18.8 Å². The Morgan fingerprint density at radius 3 is 2.56 bits per heavy atom. The van der Waals surface area contributed by atoms with Gasteiger partial charge in [0.25, 0.3) is 0 Å². The van der Waals surface area contributed by atoms with Gasteiger partial charge in [-0.05, 0) is 48.9 Å². The Morgan fingerprint density at radius 2 is 1.93 bits per heavy atom. The summed E-state index contributed by atoms with van der Waals surface area (Å²) in [5.41, 5.74) is 1.06. The van der Waals surface area contributed by atoms with Gasteiger partial charge in [0.1, 0.15) is 5.82 Å². The van der Waals surface area contributed by atoms with Crippen molar-refractivity contribution in [3.63, 3.8) is 0 Å². The molecule has 0 saturated carbocycles. The molecule has 142 valence electrons. The number of thioether (sulfide) groups is 1. The lowest BCUT2D eigenvalue weighted by atomic mass is 10.1. The second-order valence-corrected chi connectivity index (χ2v) is 7.59. The van der Waals surface area contributed by atoms with Gasteiger partial charge in [-0.25, -0.2) is 4.39 Å². The van der Waals surface area contributed by atoms with Gasteiger partial charge in [0.15, 0.2) is 6.61 Å². The van der Waals surface area contributed by atoms with Gasteiger partial charge in [-0.2, -0.15) is 0 Å².